The summed E-state index contributed by atoms with van der Waals surface area (Å²) in [5.74, 6) is -0.154. The number of benzene rings is 2. The molecule has 2 aromatic carbocycles. The van der Waals surface area contributed by atoms with Gasteiger partial charge in [0, 0.05) is 31.6 Å². The second-order valence-corrected chi connectivity index (χ2v) is 9.22. The van der Waals surface area contributed by atoms with Gasteiger partial charge in [0.2, 0.25) is 21.8 Å². The number of aryl methyl sites for hydroxylation is 2. The fourth-order valence-corrected chi connectivity index (χ4v) is 4.38. The van der Waals surface area contributed by atoms with E-state index in [1.807, 2.05) is 31.2 Å². The Balaban J connectivity index is 1.39. The minimum atomic E-state index is -3.66. The van der Waals surface area contributed by atoms with Crippen LogP contribution in [0.5, 0.6) is 0 Å². The number of carbonyl (C=O) groups excluding carboxylic acids is 2. The Morgan fingerprint density at radius 3 is 2.60 bits per heavy atom. The molecule has 0 spiro atoms. The zero-order valence-corrected chi connectivity index (χ0v) is 17.8. The van der Waals surface area contributed by atoms with E-state index in [0.29, 0.717) is 31.5 Å². The van der Waals surface area contributed by atoms with Gasteiger partial charge in [0.05, 0.1) is 4.90 Å². The lowest BCUT2D eigenvalue weighted by Crippen LogP contribution is -2.29. The molecular weight excluding hydrogens is 402 g/mol. The van der Waals surface area contributed by atoms with Gasteiger partial charge in [-0.25, -0.2) is 13.1 Å². The van der Waals surface area contributed by atoms with Crippen LogP contribution in [0.1, 0.15) is 36.0 Å². The molecule has 8 heteroatoms. The highest BCUT2D eigenvalue weighted by molar-refractivity contribution is 7.89. The summed E-state index contributed by atoms with van der Waals surface area (Å²) in [6, 6.07) is 12.9. The predicted octanol–water partition coefficient (Wildman–Crippen LogP) is 2.30. The van der Waals surface area contributed by atoms with Crippen molar-refractivity contribution < 1.29 is 18.0 Å². The molecule has 0 unspecified atom stereocenters. The SMILES string of the molecule is Cc1ccc(CCNC(=O)CCCNS(=O)(=O)c2ccc3c(c2)CCC(=O)N3)cc1. The molecule has 0 saturated carbocycles. The molecule has 7 nitrogen and oxygen atoms in total. The molecule has 0 radical (unpaired) electrons. The van der Waals surface area contributed by atoms with Crippen LogP contribution >= 0.6 is 0 Å². The molecule has 0 saturated heterocycles. The summed E-state index contributed by atoms with van der Waals surface area (Å²) < 4.78 is 27.5. The van der Waals surface area contributed by atoms with Crippen molar-refractivity contribution in [3.05, 3.63) is 59.2 Å². The molecule has 0 aliphatic carbocycles. The second kappa shape index (κ2) is 9.86. The monoisotopic (exact) mass is 429 g/mol. The number of sulfonamides is 1. The second-order valence-electron chi connectivity index (χ2n) is 7.45. The van der Waals surface area contributed by atoms with E-state index in [2.05, 4.69) is 15.4 Å². The summed E-state index contributed by atoms with van der Waals surface area (Å²) >= 11 is 0. The van der Waals surface area contributed by atoms with E-state index in [-0.39, 0.29) is 29.7 Å². The fourth-order valence-electron chi connectivity index (χ4n) is 3.26. The molecule has 3 rings (SSSR count). The van der Waals surface area contributed by atoms with Crippen LogP contribution in [0, 0.1) is 6.92 Å². The molecule has 2 amide bonds. The summed E-state index contributed by atoms with van der Waals surface area (Å²) in [4.78, 5) is 23.5. The number of rotatable bonds is 9. The minimum absolute atomic E-state index is 0.0617. The van der Waals surface area contributed by atoms with Crippen LogP contribution in [-0.4, -0.2) is 33.3 Å². The van der Waals surface area contributed by atoms with Crippen molar-refractivity contribution in [2.75, 3.05) is 18.4 Å². The largest absolute Gasteiger partial charge is 0.356 e. The van der Waals surface area contributed by atoms with Crippen molar-refractivity contribution in [3.63, 3.8) is 0 Å². The Hall–Kier alpha value is -2.71. The third-order valence-electron chi connectivity index (χ3n) is 5.01. The lowest BCUT2D eigenvalue weighted by molar-refractivity contribution is -0.121. The predicted molar refractivity (Wildman–Crippen MR) is 116 cm³/mol. The van der Waals surface area contributed by atoms with Gasteiger partial charge in [-0.05, 0) is 55.5 Å². The smallest absolute Gasteiger partial charge is 0.240 e. The molecule has 1 aliphatic heterocycles. The number of hydrogen-bond donors (Lipinski definition) is 3. The number of amides is 2. The number of nitrogens with one attached hydrogen (secondary N) is 3. The van der Waals surface area contributed by atoms with Crippen LogP contribution in [0.15, 0.2) is 47.4 Å². The van der Waals surface area contributed by atoms with E-state index in [9.17, 15) is 18.0 Å². The van der Waals surface area contributed by atoms with Gasteiger partial charge in [-0.2, -0.15) is 0 Å². The first-order valence-electron chi connectivity index (χ1n) is 10.1. The molecule has 3 N–H and O–H groups in total. The zero-order valence-electron chi connectivity index (χ0n) is 17.0. The maximum Gasteiger partial charge on any atom is 0.240 e. The van der Waals surface area contributed by atoms with Gasteiger partial charge in [-0.15, -0.1) is 0 Å². The Bertz CT molecular complexity index is 1020. The fraction of sp³-hybridized carbons (Fsp3) is 0.364. The maximum atomic E-state index is 12.5. The summed E-state index contributed by atoms with van der Waals surface area (Å²) in [5, 5.41) is 5.60. The maximum absolute atomic E-state index is 12.5. The van der Waals surface area contributed by atoms with Crippen molar-refractivity contribution in [1.82, 2.24) is 10.0 Å². The standard InChI is InChI=1S/C22H27N3O4S/c1-16-4-6-17(7-5-16)12-14-23-21(26)3-2-13-24-30(28,29)19-9-10-20-18(15-19)8-11-22(27)25-20/h4-7,9-10,15,24H,2-3,8,11-14H2,1H3,(H,23,26)(H,25,27). The van der Waals surface area contributed by atoms with E-state index in [1.54, 1.807) is 12.1 Å². The molecule has 2 aromatic rings. The van der Waals surface area contributed by atoms with Gasteiger partial charge >= 0.3 is 0 Å². The van der Waals surface area contributed by atoms with Gasteiger partial charge in [-0.1, -0.05) is 29.8 Å². The van der Waals surface area contributed by atoms with Gasteiger partial charge in [0.1, 0.15) is 0 Å². The summed E-state index contributed by atoms with van der Waals surface area (Å²) in [5.41, 5.74) is 3.84. The van der Waals surface area contributed by atoms with Gasteiger partial charge in [0.25, 0.3) is 0 Å². The summed E-state index contributed by atoms with van der Waals surface area (Å²) in [6.45, 7) is 2.77. The quantitative estimate of drug-likeness (QED) is 0.532. The van der Waals surface area contributed by atoms with Crippen molar-refractivity contribution in [2.45, 2.75) is 43.9 Å². The Labute approximate surface area is 177 Å². The molecule has 0 fully saturated rings. The Morgan fingerprint density at radius 1 is 1.07 bits per heavy atom. The van der Waals surface area contributed by atoms with Crippen molar-refractivity contribution in [3.8, 4) is 0 Å². The van der Waals surface area contributed by atoms with Gasteiger partial charge in [0.15, 0.2) is 0 Å². The zero-order chi connectivity index (χ0) is 21.6. The molecular formula is C22H27N3O4S. The van der Waals surface area contributed by atoms with E-state index in [4.69, 9.17) is 0 Å². The first-order valence-corrected chi connectivity index (χ1v) is 11.6. The highest BCUT2D eigenvalue weighted by Gasteiger charge is 2.19. The van der Waals surface area contributed by atoms with E-state index in [1.165, 1.54) is 17.2 Å². The lowest BCUT2D eigenvalue weighted by Gasteiger charge is -2.17. The van der Waals surface area contributed by atoms with Crippen molar-refractivity contribution in [1.29, 1.82) is 0 Å². The number of anilines is 1. The minimum Gasteiger partial charge on any atom is -0.356 e. The normalized spacial score (nSPS) is 13.4. The Morgan fingerprint density at radius 2 is 1.83 bits per heavy atom. The highest BCUT2D eigenvalue weighted by atomic mass is 32.2. The molecule has 1 aliphatic rings. The Kier molecular flexibility index (Phi) is 7.23. The molecule has 0 atom stereocenters. The van der Waals surface area contributed by atoms with Gasteiger partial charge < -0.3 is 10.6 Å². The van der Waals surface area contributed by atoms with Gasteiger partial charge in [-0.3, -0.25) is 9.59 Å². The van der Waals surface area contributed by atoms with Crippen LogP contribution in [0.4, 0.5) is 5.69 Å². The van der Waals surface area contributed by atoms with E-state index in [0.717, 1.165) is 12.0 Å². The van der Waals surface area contributed by atoms with Crippen molar-refractivity contribution in [2.24, 2.45) is 0 Å². The van der Waals surface area contributed by atoms with E-state index < -0.39 is 10.0 Å². The lowest BCUT2D eigenvalue weighted by atomic mass is 10.0. The summed E-state index contributed by atoms with van der Waals surface area (Å²) in [7, 11) is -3.66. The number of carbonyl (C=O) groups is 2. The van der Waals surface area contributed by atoms with Crippen LogP contribution in [0.25, 0.3) is 0 Å². The molecule has 30 heavy (non-hydrogen) atoms. The first kappa shape index (κ1) is 22.0. The summed E-state index contributed by atoms with van der Waals surface area (Å²) in [6.07, 6.45) is 2.30. The van der Waals surface area contributed by atoms with E-state index >= 15 is 0 Å². The average molecular weight is 430 g/mol. The first-order chi connectivity index (χ1) is 14.3. The average Bonchev–Trinajstić information content (AvgIpc) is 2.72. The third kappa shape index (κ3) is 6.14. The topological polar surface area (TPSA) is 104 Å². The molecule has 1 heterocycles. The van der Waals surface area contributed by atoms with Crippen molar-refractivity contribution >= 4 is 27.5 Å². The molecule has 160 valence electrons. The third-order valence-corrected chi connectivity index (χ3v) is 6.47. The molecule has 0 bridgehead atoms. The van der Waals surface area contributed by atoms with Crippen LogP contribution in [0.3, 0.4) is 0 Å². The number of hydrogen-bond acceptors (Lipinski definition) is 4. The van der Waals surface area contributed by atoms with Crippen LogP contribution in [-0.2, 0) is 32.5 Å². The highest BCUT2D eigenvalue weighted by Crippen LogP contribution is 2.25. The number of fused-ring (bicyclic) bond motifs is 1. The molecule has 0 aromatic heterocycles. The van der Waals surface area contributed by atoms with Crippen LogP contribution < -0.4 is 15.4 Å². The van der Waals surface area contributed by atoms with Crippen LogP contribution in [0.2, 0.25) is 0 Å².